The highest BCUT2D eigenvalue weighted by atomic mass is 35.5. The van der Waals surface area contributed by atoms with E-state index in [4.69, 9.17) is 21.2 Å². The van der Waals surface area contributed by atoms with Crippen LogP contribution in [-0.4, -0.2) is 4.73 Å². The molecule has 4 aromatic carbocycles. The summed E-state index contributed by atoms with van der Waals surface area (Å²) < 4.78 is 7.62. The Morgan fingerprint density at radius 3 is 2.18 bits per heavy atom. The van der Waals surface area contributed by atoms with Crippen LogP contribution in [-0.2, 0) is 6.61 Å². The van der Waals surface area contributed by atoms with Crippen LogP contribution in [0.5, 0.6) is 11.5 Å². The Labute approximate surface area is 200 Å². The van der Waals surface area contributed by atoms with Crippen molar-refractivity contribution in [3.05, 3.63) is 129 Å². The molecule has 5 aromatic rings. The summed E-state index contributed by atoms with van der Waals surface area (Å²) in [6.07, 6.45) is 0. The molecule has 34 heavy (non-hydrogen) atoms. The summed E-state index contributed by atoms with van der Waals surface area (Å²) in [4.78, 5) is 19.3. The first-order valence-corrected chi connectivity index (χ1v) is 11.0. The molecule has 0 spiro atoms. The molecule has 0 atom stereocenters. The molecular formula is C27H19ClN2O4. The van der Waals surface area contributed by atoms with Gasteiger partial charge in [0.1, 0.15) is 18.1 Å². The van der Waals surface area contributed by atoms with Crippen molar-refractivity contribution in [3.8, 4) is 22.8 Å². The van der Waals surface area contributed by atoms with Crippen molar-refractivity contribution in [3.63, 3.8) is 0 Å². The second-order valence-corrected chi connectivity index (χ2v) is 8.01. The minimum Gasteiger partial charge on any atom is -0.618 e. The minimum atomic E-state index is -0.556. The Hall–Kier alpha value is -4.29. The monoisotopic (exact) mass is 470 g/mol. The van der Waals surface area contributed by atoms with Crippen LogP contribution in [0.4, 0.5) is 0 Å². The van der Waals surface area contributed by atoms with Gasteiger partial charge in [0.25, 0.3) is 5.69 Å². The lowest BCUT2D eigenvalue weighted by molar-refractivity contribution is -0.566. The molecule has 0 bridgehead atoms. The number of rotatable bonds is 6. The molecule has 6 nitrogen and oxygen atoms in total. The van der Waals surface area contributed by atoms with Crippen LogP contribution >= 0.6 is 11.6 Å². The van der Waals surface area contributed by atoms with Crippen molar-refractivity contribution < 1.29 is 14.3 Å². The zero-order chi connectivity index (χ0) is 23.5. The molecule has 168 valence electrons. The number of para-hydroxylation sites is 3. The summed E-state index contributed by atoms with van der Waals surface area (Å²) in [5, 5.41) is 13.6. The van der Waals surface area contributed by atoms with Crippen LogP contribution in [0.15, 0.2) is 108 Å². The van der Waals surface area contributed by atoms with Gasteiger partial charge in [0.15, 0.2) is 5.52 Å². The molecule has 0 fully saturated rings. The van der Waals surface area contributed by atoms with Crippen molar-refractivity contribution in [2.24, 2.45) is 0 Å². The van der Waals surface area contributed by atoms with Crippen LogP contribution in [0, 0.1) is 5.21 Å². The van der Waals surface area contributed by atoms with Gasteiger partial charge in [-0.05, 0) is 60.2 Å². The number of hydrogen-bond acceptors (Lipinski definition) is 4. The molecule has 0 radical (unpaired) electrons. The molecule has 0 amide bonds. The highest BCUT2D eigenvalue weighted by Crippen LogP contribution is 2.22. The molecule has 0 N–H and O–H groups in total. The van der Waals surface area contributed by atoms with E-state index in [1.807, 2.05) is 54.6 Å². The van der Waals surface area contributed by atoms with Crippen molar-refractivity contribution in [1.29, 1.82) is 0 Å². The number of benzene rings is 4. The van der Waals surface area contributed by atoms with E-state index in [1.165, 1.54) is 4.73 Å². The molecule has 0 unspecified atom stereocenters. The van der Waals surface area contributed by atoms with Gasteiger partial charge in [0.05, 0.1) is 5.56 Å². The Morgan fingerprint density at radius 1 is 0.794 bits per heavy atom. The number of fused-ring (bicyclic) bond motifs is 1. The van der Waals surface area contributed by atoms with E-state index in [0.29, 0.717) is 32.1 Å². The molecule has 0 saturated heterocycles. The largest absolute Gasteiger partial charge is 0.618 e. The van der Waals surface area contributed by atoms with E-state index in [1.54, 1.807) is 48.5 Å². The maximum Gasteiger partial charge on any atom is 0.357 e. The lowest BCUT2D eigenvalue weighted by Gasteiger charge is -2.14. The van der Waals surface area contributed by atoms with E-state index in [2.05, 4.69) is 0 Å². The molecule has 0 saturated carbocycles. The Kier molecular flexibility index (Phi) is 5.89. The van der Waals surface area contributed by atoms with Gasteiger partial charge < -0.3 is 14.8 Å². The first-order valence-electron chi connectivity index (χ1n) is 10.6. The van der Waals surface area contributed by atoms with Crippen molar-refractivity contribution in [2.75, 3.05) is 0 Å². The molecule has 0 aliphatic rings. The van der Waals surface area contributed by atoms with Gasteiger partial charge in [-0.3, -0.25) is 4.79 Å². The molecular weight excluding hydrogens is 452 g/mol. The third-order valence-corrected chi connectivity index (χ3v) is 5.54. The second kappa shape index (κ2) is 9.29. The smallest absolute Gasteiger partial charge is 0.357 e. The third-order valence-electron chi connectivity index (χ3n) is 5.29. The zero-order valence-electron chi connectivity index (χ0n) is 17.9. The van der Waals surface area contributed by atoms with Crippen LogP contribution in [0.3, 0.4) is 0 Å². The van der Waals surface area contributed by atoms with Gasteiger partial charge in [0, 0.05) is 11.1 Å². The van der Waals surface area contributed by atoms with Crippen LogP contribution < -0.4 is 19.9 Å². The normalized spacial score (nSPS) is 10.9. The lowest BCUT2D eigenvalue weighted by Crippen LogP contribution is -2.42. The van der Waals surface area contributed by atoms with Crippen LogP contribution in [0.1, 0.15) is 5.56 Å². The van der Waals surface area contributed by atoms with Gasteiger partial charge in [-0.1, -0.05) is 54.1 Å². The first kappa shape index (κ1) is 21.6. The summed E-state index contributed by atoms with van der Waals surface area (Å²) in [7, 11) is 0. The Balaban J connectivity index is 1.45. The number of hydrogen-bond donors (Lipinski definition) is 0. The molecule has 5 rings (SSSR count). The van der Waals surface area contributed by atoms with E-state index < -0.39 is 5.56 Å². The van der Waals surface area contributed by atoms with Crippen LogP contribution in [0.2, 0.25) is 5.02 Å². The zero-order valence-corrected chi connectivity index (χ0v) is 18.7. The predicted octanol–water partition coefficient (Wildman–Crippen LogP) is 5.38. The topological polar surface area (TPSA) is 67.4 Å². The average molecular weight is 471 g/mol. The Morgan fingerprint density at radius 2 is 1.44 bits per heavy atom. The molecule has 0 aliphatic heterocycles. The quantitative estimate of drug-likeness (QED) is 0.247. The Bertz CT molecular complexity index is 1500. The number of halogens is 1. The van der Waals surface area contributed by atoms with E-state index >= 15 is 0 Å². The minimum absolute atomic E-state index is 0.0398. The molecule has 0 aliphatic carbocycles. The predicted molar refractivity (Wildman–Crippen MR) is 131 cm³/mol. The summed E-state index contributed by atoms with van der Waals surface area (Å²) >= 11 is 5.98. The van der Waals surface area contributed by atoms with Gasteiger partial charge in [-0.2, -0.15) is 4.73 Å². The highest BCUT2D eigenvalue weighted by molar-refractivity contribution is 6.30. The molecule has 7 heteroatoms. The average Bonchev–Trinajstić information content (AvgIpc) is 2.87. The van der Waals surface area contributed by atoms with Gasteiger partial charge in [0.2, 0.25) is 5.52 Å². The fourth-order valence-corrected chi connectivity index (χ4v) is 3.74. The number of ether oxygens (including phenoxy) is 1. The summed E-state index contributed by atoms with van der Waals surface area (Å²) in [6, 6.07) is 30.3. The standard InChI is InChI=1S/C27H19ClN2O4/c28-21-14-12-20(13-15-21)26-27(31)30(25-9-5-4-8-24(25)29(26)32)33-18-19-10-16-23(17-11-19)34-22-6-2-1-3-7-22/h1-17H,18H2. The highest BCUT2D eigenvalue weighted by Gasteiger charge is 2.23. The van der Waals surface area contributed by atoms with Crippen LogP contribution in [0.25, 0.3) is 22.3 Å². The summed E-state index contributed by atoms with van der Waals surface area (Å²) in [5.41, 5.74) is 1.39. The molecule has 1 heterocycles. The van der Waals surface area contributed by atoms with E-state index in [0.717, 1.165) is 11.3 Å². The van der Waals surface area contributed by atoms with E-state index in [9.17, 15) is 10.0 Å². The summed E-state index contributed by atoms with van der Waals surface area (Å²) in [6.45, 7) is 0.123. The van der Waals surface area contributed by atoms with E-state index in [-0.39, 0.29) is 12.3 Å². The SMILES string of the molecule is O=c1c(-c2ccc(Cl)cc2)[n+]([O-])c2ccccc2n1OCc1ccc(Oc2ccccc2)cc1. The number of nitrogens with zero attached hydrogens (tertiary/aromatic N) is 2. The van der Waals surface area contributed by atoms with Gasteiger partial charge in [-0.15, -0.1) is 4.73 Å². The fraction of sp³-hybridized carbons (Fsp3) is 0.0370. The fourth-order valence-electron chi connectivity index (χ4n) is 3.61. The van der Waals surface area contributed by atoms with Gasteiger partial charge in [-0.25, -0.2) is 0 Å². The first-order chi connectivity index (χ1) is 16.6. The maximum atomic E-state index is 13.3. The summed E-state index contributed by atoms with van der Waals surface area (Å²) in [5.74, 6) is 1.43. The van der Waals surface area contributed by atoms with Gasteiger partial charge >= 0.3 is 5.56 Å². The van der Waals surface area contributed by atoms with Crippen molar-refractivity contribution >= 4 is 22.6 Å². The molecule has 1 aromatic heterocycles. The second-order valence-electron chi connectivity index (χ2n) is 7.57. The van der Waals surface area contributed by atoms with Crippen molar-refractivity contribution in [2.45, 2.75) is 6.61 Å². The third kappa shape index (κ3) is 4.31. The number of aromatic nitrogens is 2. The maximum absolute atomic E-state index is 13.3. The van der Waals surface area contributed by atoms with Crippen molar-refractivity contribution in [1.82, 2.24) is 4.73 Å². The lowest BCUT2D eigenvalue weighted by atomic mass is 10.1.